The van der Waals surface area contributed by atoms with Gasteiger partial charge in [0.05, 0.1) is 21.7 Å². The number of hydrogen-bond donors (Lipinski definition) is 0. The minimum absolute atomic E-state index is 0.0131. The maximum Gasteiger partial charge on any atom is 0.256 e. The molecule has 0 N–H and O–H groups in total. The van der Waals surface area contributed by atoms with Crippen LogP contribution in [0.4, 0.5) is 5.69 Å². The third-order valence-corrected chi connectivity index (χ3v) is 3.74. The van der Waals surface area contributed by atoms with Crippen LogP contribution in [0.1, 0.15) is 20.8 Å². The Balaban J connectivity index is 2.36. The molecule has 1 aliphatic rings. The van der Waals surface area contributed by atoms with Gasteiger partial charge in [-0.25, -0.2) is 5.01 Å². The van der Waals surface area contributed by atoms with E-state index in [2.05, 4.69) is 5.10 Å². The van der Waals surface area contributed by atoms with Crippen molar-refractivity contribution in [2.45, 2.75) is 20.8 Å². The average Bonchev–Trinajstić information content (AvgIpc) is 2.58. The molecule has 18 heavy (non-hydrogen) atoms. The summed E-state index contributed by atoms with van der Waals surface area (Å²) in [6.45, 7) is 5.90. The molecule has 3 nitrogen and oxygen atoms in total. The standard InChI is InChI=1S/C13H14Cl2N2O/c1-7(2)12-8(3)16-17(13(12)18)9-4-5-10(14)11(15)6-9/h4-7,12H,1-3H3. The van der Waals surface area contributed by atoms with Gasteiger partial charge in [0.1, 0.15) is 0 Å². The Labute approximate surface area is 116 Å². The highest BCUT2D eigenvalue weighted by Gasteiger charge is 2.36. The van der Waals surface area contributed by atoms with E-state index in [4.69, 9.17) is 23.2 Å². The third-order valence-electron chi connectivity index (χ3n) is 3.00. The summed E-state index contributed by atoms with van der Waals surface area (Å²) < 4.78 is 0. The van der Waals surface area contributed by atoms with Crippen LogP contribution in [0.3, 0.4) is 0 Å². The Hall–Kier alpha value is -1.06. The van der Waals surface area contributed by atoms with Gasteiger partial charge < -0.3 is 0 Å². The third kappa shape index (κ3) is 2.25. The van der Waals surface area contributed by atoms with Gasteiger partial charge in [-0.05, 0) is 31.0 Å². The molecule has 0 aliphatic carbocycles. The van der Waals surface area contributed by atoms with Crippen LogP contribution in [0.25, 0.3) is 0 Å². The monoisotopic (exact) mass is 284 g/mol. The van der Waals surface area contributed by atoms with Gasteiger partial charge >= 0.3 is 0 Å². The fraction of sp³-hybridized carbons (Fsp3) is 0.385. The van der Waals surface area contributed by atoms with E-state index in [1.54, 1.807) is 18.2 Å². The molecule has 1 atom stereocenters. The summed E-state index contributed by atoms with van der Waals surface area (Å²) in [6.07, 6.45) is 0. The van der Waals surface area contributed by atoms with Crippen molar-refractivity contribution in [3.05, 3.63) is 28.2 Å². The number of carbonyl (C=O) groups is 1. The van der Waals surface area contributed by atoms with Gasteiger partial charge in [-0.3, -0.25) is 4.79 Å². The van der Waals surface area contributed by atoms with Gasteiger partial charge in [-0.1, -0.05) is 37.0 Å². The van der Waals surface area contributed by atoms with E-state index >= 15 is 0 Å². The highest BCUT2D eigenvalue weighted by atomic mass is 35.5. The highest BCUT2D eigenvalue weighted by molar-refractivity contribution is 6.42. The zero-order chi connectivity index (χ0) is 13.4. The first kappa shape index (κ1) is 13.4. The van der Waals surface area contributed by atoms with Crippen molar-refractivity contribution >= 4 is 40.5 Å². The van der Waals surface area contributed by atoms with Gasteiger partial charge in [0.25, 0.3) is 5.91 Å². The second kappa shape index (κ2) is 4.90. The lowest BCUT2D eigenvalue weighted by Gasteiger charge is -2.16. The maximum absolute atomic E-state index is 12.3. The van der Waals surface area contributed by atoms with E-state index in [9.17, 15) is 4.79 Å². The van der Waals surface area contributed by atoms with Crippen LogP contribution in [-0.4, -0.2) is 11.6 Å². The van der Waals surface area contributed by atoms with Gasteiger partial charge in [0.2, 0.25) is 0 Å². The fourth-order valence-electron chi connectivity index (χ4n) is 2.15. The molecule has 0 saturated heterocycles. The van der Waals surface area contributed by atoms with Gasteiger partial charge in [0, 0.05) is 5.71 Å². The number of benzene rings is 1. The molecule has 0 fully saturated rings. The lowest BCUT2D eigenvalue weighted by Crippen LogP contribution is -2.30. The van der Waals surface area contributed by atoms with Gasteiger partial charge in [0.15, 0.2) is 0 Å². The summed E-state index contributed by atoms with van der Waals surface area (Å²) in [7, 11) is 0. The summed E-state index contributed by atoms with van der Waals surface area (Å²) in [5, 5.41) is 6.60. The Kier molecular flexibility index (Phi) is 3.64. The van der Waals surface area contributed by atoms with Crippen LogP contribution in [-0.2, 0) is 4.79 Å². The molecular weight excluding hydrogens is 271 g/mol. The van der Waals surface area contributed by atoms with Gasteiger partial charge in [-0.2, -0.15) is 5.10 Å². The van der Waals surface area contributed by atoms with Crippen molar-refractivity contribution in [2.24, 2.45) is 16.9 Å². The summed E-state index contributed by atoms with van der Waals surface area (Å²) in [4.78, 5) is 12.3. The normalized spacial score (nSPS) is 19.7. The van der Waals surface area contributed by atoms with Gasteiger partial charge in [-0.15, -0.1) is 0 Å². The van der Waals surface area contributed by atoms with Crippen molar-refractivity contribution in [3.8, 4) is 0 Å². The molecule has 5 heteroatoms. The average molecular weight is 285 g/mol. The van der Waals surface area contributed by atoms with Crippen molar-refractivity contribution in [1.82, 2.24) is 0 Å². The van der Waals surface area contributed by atoms with Crippen LogP contribution in [0.2, 0.25) is 10.0 Å². The van der Waals surface area contributed by atoms with Crippen molar-refractivity contribution in [1.29, 1.82) is 0 Å². The first-order valence-corrected chi connectivity index (χ1v) is 6.51. The van der Waals surface area contributed by atoms with E-state index in [1.807, 2.05) is 20.8 Å². The molecule has 0 aromatic heterocycles. The zero-order valence-electron chi connectivity index (χ0n) is 10.4. The highest BCUT2D eigenvalue weighted by Crippen LogP contribution is 2.32. The zero-order valence-corrected chi connectivity index (χ0v) is 12.0. The first-order chi connectivity index (χ1) is 8.41. The Morgan fingerprint density at radius 2 is 1.94 bits per heavy atom. The second-order valence-electron chi connectivity index (χ2n) is 4.71. The van der Waals surface area contributed by atoms with E-state index in [0.717, 1.165) is 5.71 Å². The molecule has 0 radical (unpaired) electrons. The quantitative estimate of drug-likeness (QED) is 0.808. The Morgan fingerprint density at radius 3 is 2.44 bits per heavy atom. The number of nitrogens with zero attached hydrogens (tertiary/aromatic N) is 2. The molecule has 1 aromatic rings. The SMILES string of the molecule is CC1=NN(c2ccc(Cl)c(Cl)c2)C(=O)C1C(C)C. The largest absolute Gasteiger partial charge is 0.272 e. The number of halogens is 2. The van der Waals surface area contributed by atoms with Crippen LogP contribution in [0.15, 0.2) is 23.3 Å². The fourth-order valence-corrected chi connectivity index (χ4v) is 2.44. The number of amides is 1. The molecule has 0 saturated carbocycles. The number of carbonyl (C=O) groups excluding carboxylic acids is 1. The summed E-state index contributed by atoms with van der Waals surface area (Å²) in [5.41, 5.74) is 1.48. The van der Waals surface area contributed by atoms with Crippen molar-refractivity contribution in [2.75, 3.05) is 5.01 Å². The van der Waals surface area contributed by atoms with Crippen LogP contribution in [0.5, 0.6) is 0 Å². The summed E-state index contributed by atoms with van der Waals surface area (Å²) in [6, 6.07) is 5.06. The Bertz CT molecular complexity index is 526. The molecule has 1 amide bonds. The lowest BCUT2D eigenvalue weighted by atomic mass is 9.92. The minimum atomic E-state index is -0.153. The number of anilines is 1. The van der Waals surface area contributed by atoms with Crippen LogP contribution < -0.4 is 5.01 Å². The van der Waals surface area contributed by atoms with Crippen molar-refractivity contribution < 1.29 is 4.79 Å². The molecule has 2 rings (SSSR count). The molecule has 1 heterocycles. The van der Waals surface area contributed by atoms with E-state index in [-0.39, 0.29) is 17.7 Å². The topological polar surface area (TPSA) is 32.7 Å². The predicted molar refractivity (Wildman–Crippen MR) is 75.4 cm³/mol. The number of hydrogen-bond acceptors (Lipinski definition) is 2. The van der Waals surface area contributed by atoms with Crippen LogP contribution >= 0.6 is 23.2 Å². The van der Waals surface area contributed by atoms with Crippen molar-refractivity contribution in [3.63, 3.8) is 0 Å². The molecule has 1 aromatic carbocycles. The van der Waals surface area contributed by atoms with E-state index in [0.29, 0.717) is 15.7 Å². The minimum Gasteiger partial charge on any atom is -0.272 e. The Morgan fingerprint density at radius 1 is 1.28 bits per heavy atom. The first-order valence-electron chi connectivity index (χ1n) is 5.76. The van der Waals surface area contributed by atoms with Crippen LogP contribution in [0, 0.1) is 11.8 Å². The summed E-state index contributed by atoms with van der Waals surface area (Å²) in [5.74, 6) is 0.0642. The predicted octanol–water partition coefficient (Wildman–Crippen LogP) is 3.99. The smallest absolute Gasteiger partial charge is 0.256 e. The molecule has 96 valence electrons. The molecule has 0 spiro atoms. The summed E-state index contributed by atoms with van der Waals surface area (Å²) >= 11 is 11.8. The maximum atomic E-state index is 12.3. The number of rotatable bonds is 2. The number of hydrazone groups is 1. The molecule has 1 unspecified atom stereocenters. The van der Waals surface area contributed by atoms with E-state index < -0.39 is 0 Å². The molecular formula is C13H14Cl2N2O. The lowest BCUT2D eigenvalue weighted by molar-refractivity contribution is -0.120. The molecule has 0 bridgehead atoms. The molecule has 1 aliphatic heterocycles. The van der Waals surface area contributed by atoms with E-state index in [1.165, 1.54) is 5.01 Å². The second-order valence-corrected chi connectivity index (χ2v) is 5.53.